The first-order valence-corrected chi connectivity index (χ1v) is 7.32. The van der Waals surface area contributed by atoms with Crippen molar-refractivity contribution < 1.29 is 14.7 Å². The summed E-state index contributed by atoms with van der Waals surface area (Å²) in [5, 5.41) is 9.78. The van der Waals surface area contributed by atoms with Crippen molar-refractivity contribution in [2.24, 2.45) is 0 Å². The van der Waals surface area contributed by atoms with Gasteiger partial charge in [-0.3, -0.25) is 9.59 Å². The summed E-state index contributed by atoms with van der Waals surface area (Å²) >= 11 is 0. The lowest BCUT2D eigenvalue weighted by Gasteiger charge is -2.40. The van der Waals surface area contributed by atoms with E-state index in [0.29, 0.717) is 17.7 Å². The molecule has 2 atom stereocenters. The number of likely N-dealkylation sites (N-methyl/N-ethyl adjacent to an activating group) is 1. The Morgan fingerprint density at radius 3 is 2.36 bits per heavy atom. The molecule has 112 valence electrons. The van der Waals surface area contributed by atoms with Crippen molar-refractivity contribution in [3.8, 4) is 0 Å². The summed E-state index contributed by atoms with van der Waals surface area (Å²) in [7, 11) is 0. The zero-order chi connectivity index (χ0) is 15.7. The van der Waals surface area contributed by atoms with Crippen molar-refractivity contribution >= 4 is 11.9 Å². The molecule has 4 nitrogen and oxygen atoms in total. The van der Waals surface area contributed by atoms with E-state index in [1.54, 1.807) is 29.2 Å². The highest BCUT2D eigenvalue weighted by atomic mass is 16.4. The summed E-state index contributed by atoms with van der Waals surface area (Å²) in [5.41, 5.74) is 1.93. The number of carbonyl (C=O) groups excluding carboxylic acids is 1. The number of aliphatic carboxylic acids is 1. The van der Waals surface area contributed by atoms with Crippen LogP contribution in [0.4, 0.5) is 0 Å². The summed E-state index contributed by atoms with van der Waals surface area (Å²) in [5.74, 6) is -1.77. The molecule has 1 heterocycles. The normalized spacial score (nSPS) is 20.6. The molecule has 3 rings (SSSR count). The van der Waals surface area contributed by atoms with E-state index in [9.17, 15) is 14.7 Å². The molecule has 0 aromatic heterocycles. The van der Waals surface area contributed by atoms with Crippen LogP contribution in [0.1, 0.15) is 40.4 Å². The van der Waals surface area contributed by atoms with E-state index in [4.69, 9.17) is 0 Å². The standard InChI is InChI=1S/C18H17NO3/c1-2-19-16(12-8-4-3-5-9-12)15(18(21)22)13-10-6-7-11-14(13)17(19)20/h3-11,15-16H,2H2,1H3,(H,21,22)/t15-,16+/m0/s1. The van der Waals surface area contributed by atoms with Gasteiger partial charge in [0.2, 0.25) is 0 Å². The molecule has 0 unspecified atom stereocenters. The second-order valence-electron chi connectivity index (χ2n) is 5.35. The topological polar surface area (TPSA) is 57.6 Å². The van der Waals surface area contributed by atoms with Gasteiger partial charge in [-0.2, -0.15) is 0 Å². The number of rotatable bonds is 3. The largest absolute Gasteiger partial charge is 0.481 e. The molecule has 4 heteroatoms. The molecule has 1 aliphatic heterocycles. The van der Waals surface area contributed by atoms with Crippen molar-refractivity contribution in [2.45, 2.75) is 18.9 Å². The number of hydrogen-bond acceptors (Lipinski definition) is 2. The molecule has 0 bridgehead atoms. The van der Waals surface area contributed by atoms with Gasteiger partial charge in [0.15, 0.2) is 0 Å². The van der Waals surface area contributed by atoms with Gasteiger partial charge in [0.05, 0.1) is 6.04 Å². The van der Waals surface area contributed by atoms with Crippen LogP contribution in [-0.4, -0.2) is 28.4 Å². The van der Waals surface area contributed by atoms with E-state index < -0.39 is 17.9 Å². The lowest BCUT2D eigenvalue weighted by molar-refractivity contribution is -0.140. The van der Waals surface area contributed by atoms with Crippen LogP contribution < -0.4 is 0 Å². The van der Waals surface area contributed by atoms with Gasteiger partial charge >= 0.3 is 5.97 Å². The Bertz CT molecular complexity index is 711. The number of fused-ring (bicyclic) bond motifs is 1. The minimum Gasteiger partial charge on any atom is -0.481 e. The van der Waals surface area contributed by atoms with Crippen LogP contribution in [-0.2, 0) is 4.79 Å². The van der Waals surface area contributed by atoms with E-state index >= 15 is 0 Å². The molecule has 22 heavy (non-hydrogen) atoms. The van der Waals surface area contributed by atoms with Crippen LogP contribution in [0.25, 0.3) is 0 Å². The third kappa shape index (κ3) is 2.17. The first-order valence-electron chi connectivity index (χ1n) is 7.32. The first-order chi connectivity index (χ1) is 10.6. The highest BCUT2D eigenvalue weighted by molar-refractivity contribution is 6.00. The molecule has 1 N–H and O–H groups in total. The van der Waals surface area contributed by atoms with E-state index in [1.807, 2.05) is 37.3 Å². The van der Waals surface area contributed by atoms with Gasteiger partial charge in [-0.05, 0) is 24.1 Å². The fourth-order valence-electron chi connectivity index (χ4n) is 3.23. The number of carboxylic acid groups (broad SMARTS) is 1. The maximum atomic E-state index is 12.7. The third-order valence-electron chi connectivity index (χ3n) is 4.19. The second kappa shape index (κ2) is 5.64. The highest BCUT2D eigenvalue weighted by Crippen LogP contribution is 2.42. The predicted molar refractivity (Wildman–Crippen MR) is 82.7 cm³/mol. The monoisotopic (exact) mass is 295 g/mol. The minimum atomic E-state index is -0.910. The zero-order valence-electron chi connectivity index (χ0n) is 12.3. The zero-order valence-corrected chi connectivity index (χ0v) is 12.3. The van der Waals surface area contributed by atoms with Crippen molar-refractivity contribution in [3.05, 3.63) is 71.3 Å². The Morgan fingerprint density at radius 2 is 1.73 bits per heavy atom. The average molecular weight is 295 g/mol. The van der Waals surface area contributed by atoms with Gasteiger partial charge in [0, 0.05) is 12.1 Å². The molecule has 0 saturated heterocycles. The summed E-state index contributed by atoms with van der Waals surface area (Å²) in [4.78, 5) is 26.3. The quantitative estimate of drug-likeness (QED) is 0.946. The minimum absolute atomic E-state index is 0.107. The van der Waals surface area contributed by atoms with Crippen LogP contribution in [0.3, 0.4) is 0 Å². The summed E-state index contributed by atoms with van der Waals surface area (Å²) in [6.45, 7) is 2.34. The molecule has 0 spiro atoms. The Kier molecular flexibility index (Phi) is 3.67. The Hall–Kier alpha value is -2.62. The van der Waals surface area contributed by atoms with Crippen molar-refractivity contribution in [2.75, 3.05) is 6.54 Å². The molecule has 2 aromatic rings. The van der Waals surface area contributed by atoms with Crippen LogP contribution >= 0.6 is 0 Å². The van der Waals surface area contributed by atoms with Gasteiger partial charge < -0.3 is 10.0 Å². The fraction of sp³-hybridized carbons (Fsp3) is 0.222. The maximum Gasteiger partial charge on any atom is 0.313 e. The molecule has 0 fully saturated rings. The number of carboxylic acids is 1. The van der Waals surface area contributed by atoms with E-state index in [1.165, 1.54) is 0 Å². The van der Waals surface area contributed by atoms with Gasteiger partial charge in [-0.15, -0.1) is 0 Å². The predicted octanol–water partition coefficient (Wildman–Crippen LogP) is 3.07. The van der Waals surface area contributed by atoms with Crippen LogP contribution in [0, 0.1) is 0 Å². The van der Waals surface area contributed by atoms with Crippen LogP contribution in [0.2, 0.25) is 0 Å². The van der Waals surface area contributed by atoms with E-state index in [-0.39, 0.29) is 5.91 Å². The van der Waals surface area contributed by atoms with Gasteiger partial charge in [0.1, 0.15) is 5.92 Å². The number of nitrogens with zero attached hydrogens (tertiary/aromatic N) is 1. The second-order valence-corrected chi connectivity index (χ2v) is 5.35. The van der Waals surface area contributed by atoms with E-state index in [0.717, 1.165) is 5.56 Å². The van der Waals surface area contributed by atoms with Gasteiger partial charge in [0.25, 0.3) is 5.91 Å². The third-order valence-corrected chi connectivity index (χ3v) is 4.19. The molecule has 0 radical (unpaired) electrons. The number of carbonyl (C=O) groups is 2. The molecule has 0 aliphatic carbocycles. The SMILES string of the molecule is CCN1C(=O)c2ccccc2[C@H](C(=O)O)[C@H]1c1ccccc1. The summed E-state index contributed by atoms with van der Waals surface area (Å²) in [6, 6.07) is 15.9. The van der Waals surface area contributed by atoms with Crippen LogP contribution in [0.15, 0.2) is 54.6 Å². The summed E-state index contributed by atoms with van der Waals surface area (Å²) < 4.78 is 0. The van der Waals surface area contributed by atoms with Crippen molar-refractivity contribution in [3.63, 3.8) is 0 Å². The maximum absolute atomic E-state index is 12.7. The molecular formula is C18H17NO3. The average Bonchev–Trinajstić information content (AvgIpc) is 2.55. The number of hydrogen-bond donors (Lipinski definition) is 1. The number of amides is 1. The smallest absolute Gasteiger partial charge is 0.313 e. The fourth-order valence-corrected chi connectivity index (χ4v) is 3.23. The van der Waals surface area contributed by atoms with E-state index in [2.05, 4.69) is 0 Å². The lowest BCUT2D eigenvalue weighted by Crippen LogP contribution is -2.44. The molecular weight excluding hydrogens is 278 g/mol. The highest BCUT2D eigenvalue weighted by Gasteiger charge is 2.43. The Labute approximate surface area is 129 Å². The summed E-state index contributed by atoms with van der Waals surface area (Å²) in [6.07, 6.45) is 0. The molecule has 0 saturated carbocycles. The molecule has 2 aromatic carbocycles. The first kappa shape index (κ1) is 14.3. The van der Waals surface area contributed by atoms with Gasteiger partial charge in [-0.25, -0.2) is 0 Å². The van der Waals surface area contributed by atoms with Crippen LogP contribution in [0.5, 0.6) is 0 Å². The van der Waals surface area contributed by atoms with Crippen molar-refractivity contribution in [1.82, 2.24) is 4.90 Å². The lowest BCUT2D eigenvalue weighted by atomic mass is 9.80. The van der Waals surface area contributed by atoms with Gasteiger partial charge in [-0.1, -0.05) is 48.5 Å². The molecule has 1 aliphatic rings. The molecule has 1 amide bonds. The van der Waals surface area contributed by atoms with Crippen molar-refractivity contribution in [1.29, 1.82) is 0 Å². The Morgan fingerprint density at radius 1 is 1.09 bits per heavy atom. The number of benzene rings is 2. The Balaban J connectivity index is 2.22.